The third-order valence-corrected chi connectivity index (χ3v) is 2.76. The van der Waals surface area contributed by atoms with Crippen molar-refractivity contribution in [3.8, 4) is 0 Å². The van der Waals surface area contributed by atoms with E-state index in [1.54, 1.807) is 6.07 Å². The largest absolute Gasteiger partial charge is 0.416 e. The monoisotopic (exact) mass is 245 g/mol. The first-order valence-electron chi connectivity index (χ1n) is 5.54. The topological polar surface area (TPSA) is 21.3 Å². The third-order valence-electron chi connectivity index (χ3n) is 2.76. The van der Waals surface area contributed by atoms with E-state index >= 15 is 0 Å². The highest BCUT2D eigenvalue weighted by Gasteiger charge is 2.30. The first-order valence-corrected chi connectivity index (χ1v) is 5.54. The maximum absolute atomic E-state index is 12.5. The van der Waals surface area contributed by atoms with Crippen LogP contribution in [0.15, 0.2) is 24.3 Å². The fourth-order valence-electron chi connectivity index (χ4n) is 1.82. The van der Waals surface area contributed by atoms with Gasteiger partial charge in [-0.1, -0.05) is 12.1 Å². The average molecular weight is 245 g/mol. The molecule has 1 aromatic rings. The van der Waals surface area contributed by atoms with Gasteiger partial charge in [0.25, 0.3) is 0 Å². The average Bonchev–Trinajstić information content (AvgIpc) is 2.78. The minimum atomic E-state index is -4.29. The van der Waals surface area contributed by atoms with E-state index in [9.17, 15) is 13.2 Å². The number of hydrogen-bond donors (Lipinski definition) is 1. The Morgan fingerprint density at radius 3 is 2.82 bits per heavy atom. The van der Waals surface area contributed by atoms with Crippen molar-refractivity contribution in [3.05, 3.63) is 35.4 Å². The van der Waals surface area contributed by atoms with Crippen LogP contribution in [0.1, 0.15) is 17.5 Å². The molecule has 17 heavy (non-hydrogen) atoms. The van der Waals surface area contributed by atoms with Gasteiger partial charge in [0.05, 0.1) is 18.3 Å². The Kier molecular flexibility index (Phi) is 3.69. The van der Waals surface area contributed by atoms with Crippen molar-refractivity contribution in [3.63, 3.8) is 0 Å². The fraction of sp³-hybridized carbons (Fsp3) is 0.500. The van der Waals surface area contributed by atoms with Gasteiger partial charge in [-0.2, -0.15) is 13.2 Å². The predicted octanol–water partition coefficient (Wildman–Crippen LogP) is 2.58. The van der Waals surface area contributed by atoms with Gasteiger partial charge in [-0.05, 0) is 30.7 Å². The number of rotatable bonds is 3. The molecule has 1 aliphatic heterocycles. The minimum absolute atomic E-state index is 0.115. The van der Waals surface area contributed by atoms with Gasteiger partial charge in [0.15, 0.2) is 0 Å². The lowest BCUT2D eigenvalue weighted by atomic mass is 10.1. The summed E-state index contributed by atoms with van der Waals surface area (Å²) in [6, 6.07) is 5.27. The van der Waals surface area contributed by atoms with Crippen molar-refractivity contribution in [2.24, 2.45) is 0 Å². The Morgan fingerprint density at radius 1 is 1.35 bits per heavy atom. The highest BCUT2D eigenvalue weighted by molar-refractivity contribution is 5.25. The number of halogens is 3. The minimum Gasteiger partial charge on any atom is -0.372 e. The molecule has 1 N–H and O–H groups in total. The van der Waals surface area contributed by atoms with Gasteiger partial charge in [0, 0.05) is 6.54 Å². The molecule has 1 fully saturated rings. The molecule has 1 saturated heterocycles. The molecule has 1 aliphatic rings. The smallest absolute Gasteiger partial charge is 0.372 e. The molecule has 2 nitrogen and oxygen atoms in total. The van der Waals surface area contributed by atoms with Crippen LogP contribution in [0.4, 0.5) is 13.2 Å². The zero-order valence-corrected chi connectivity index (χ0v) is 9.26. The number of nitrogens with one attached hydrogen (secondary N) is 1. The Hall–Kier alpha value is -1.07. The van der Waals surface area contributed by atoms with Gasteiger partial charge in [-0.25, -0.2) is 0 Å². The number of ether oxygens (including phenoxy) is 1. The van der Waals surface area contributed by atoms with Gasteiger partial charge in [-0.3, -0.25) is 0 Å². The molecule has 5 heteroatoms. The van der Waals surface area contributed by atoms with Crippen LogP contribution in [0, 0.1) is 0 Å². The summed E-state index contributed by atoms with van der Waals surface area (Å²) >= 11 is 0. The van der Waals surface area contributed by atoms with Crippen LogP contribution < -0.4 is 5.32 Å². The Balaban J connectivity index is 1.96. The quantitative estimate of drug-likeness (QED) is 0.883. The molecule has 1 aromatic carbocycles. The Morgan fingerprint density at radius 2 is 2.18 bits per heavy atom. The van der Waals surface area contributed by atoms with Crippen LogP contribution in [-0.2, 0) is 17.5 Å². The fourth-order valence-corrected chi connectivity index (χ4v) is 1.82. The molecule has 0 amide bonds. The molecule has 94 valence electrons. The maximum Gasteiger partial charge on any atom is 0.416 e. The number of benzene rings is 1. The first-order chi connectivity index (χ1) is 8.05. The lowest BCUT2D eigenvalue weighted by molar-refractivity contribution is -0.137. The van der Waals surface area contributed by atoms with Crippen LogP contribution >= 0.6 is 0 Å². The van der Waals surface area contributed by atoms with Crippen molar-refractivity contribution in [1.82, 2.24) is 5.32 Å². The van der Waals surface area contributed by atoms with Crippen LogP contribution in [0.2, 0.25) is 0 Å². The van der Waals surface area contributed by atoms with E-state index in [0.717, 1.165) is 31.6 Å². The van der Waals surface area contributed by atoms with E-state index in [0.29, 0.717) is 5.56 Å². The summed E-state index contributed by atoms with van der Waals surface area (Å²) in [5.41, 5.74) is -0.0603. The second-order valence-corrected chi connectivity index (χ2v) is 4.12. The standard InChI is InChI=1S/C12H14F3NO/c13-12(14,15)10-3-1-2-9(6-10)8-17-11-4-5-16-7-11/h1-3,6,11,16H,4-5,7-8H2. The predicted molar refractivity (Wildman–Crippen MR) is 57.5 cm³/mol. The van der Waals surface area contributed by atoms with Gasteiger partial charge in [0.2, 0.25) is 0 Å². The summed E-state index contributed by atoms with van der Waals surface area (Å²) in [6.07, 6.45) is -3.26. The van der Waals surface area contributed by atoms with E-state index in [-0.39, 0.29) is 12.7 Å². The lowest BCUT2D eigenvalue weighted by Crippen LogP contribution is -2.16. The molecule has 0 aliphatic carbocycles. The highest BCUT2D eigenvalue weighted by atomic mass is 19.4. The van der Waals surface area contributed by atoms with Crippen LogP contribution in [0.5, 0.6) is 0 Å². The molecule has 0 radical (unpaired) electrons. The maximum atomic E-state index is 12.5. The van der Waals surface area contributed by atoms with E-state index in [2.05, 4.69) is 5.32 Å². The summed E-state index contributed by atoms with van der Waals surface area (Å²) in [7, 11) is 0. The molecular formula is C12H14F3NO. The normalized spacial score (nSPS) is 20.8. The molecule has 1 unspecified atom stereocenters. The molecule has 1 atom stereocenters. The second kappa shape index (κ2) is 5.06. The highest BCUT2D eigenvalue weighted by Crippen LogP contribution is 2.29. The zero-order chi connectivity index (χ0) is 12.3. The summed E-state index contributed by atoms with van der Waals surface area (Å²) in [5, 5.41) is 3.14. The Labute approximate surface area is 97.8 Å². The first kappa shape index (κ1) is 12.4. The van der Waals surface area contributed by atoms with Gasteiger partial charge in [0.1, 0.15) is 0 Å². The van der Waals surface area contributed by atoms with E-state index in [4.69, 9.17) is 4.74 Å². The van der Waals surface area contributed by atoms with Gasteiger partial charge in [-0.15, -0.1) is 0 Å². The number of hydrogen-bond acceptors (Lipinski definition) is 2. The lowest BCUT2D eigenvalue weighted by Gasteiger charge is -2.12. The summed E-state index contributed by atoms with van der Waals surface area (Å²) < 4.78 is 42.9. The molecule has 0 spiro atoms. The van der Waals surface area contributed by atoms with Crippen molar-refractivity contribution >= 4 is 0 Å². The van der Waals surface area contributed by atoms with E-state index < -0.39 is 11.7 Å². The zero-order valence-electron chi connectivity index (χ0n) is 9.26. The molecule has 0 saturated carbocycles. The third kappa shape index (κ3) is 3.44. The van der Waals surface area contributed by atoms with Crippen molar-refractivity contribution in [1.29, 1.82) is 0 Å². The molecule has 0 aromatic heterocycles. The molecule has 0 bridgehead atoms. The van der Waals surface area contributed by atoms with Crippen molar-refractivity contribution in [2.75, 3.05) is 13.1 Å². The van der Waals surface area contributed by atoms with Crippen LogP contribution in [0.3, 0.4) is 0 Å². The van der Waals surface area contributed by atoms with Gasteiger partial charge < -0.3 is 10.1 Å². The molecule has 1 heterocycles. The van der Waals surface area contributed by atoms with E-state index in [1.807, 2.05) is 0 Å². The molecular weight excluding hydrogens is 231 g/mol. The van der Waals surface area contributed by atoms with Crippen molar-refractivity contribution in [2.45, 2.75) is 25.3 Å². The second-order valence-electron chi connectivity index (χ2n) is 4.12. The van der Waals surface area contributed by atoms with E-state index in [1.165, 1.54) is 6.07 Å². The Bertz CT molecular complexity index is 372. The SMILES string of the molecule is FC(F)(F)c1cccc(COC2CCNC2)c1. The van der Waals surface area contributed by atoms with Crippen molar-refractivity contribution < 1.29 is 17.9 Å². The van der Waals surface area contributed by atoms with Crippen LogP contribution in [-0.4, -0.2) is 19.2 Å². The number of alkyl halides is 3. The molecule has 2 rings (SSSR count). The van der Waals surface area contributed by atoms with Gasteiger partial charge >= 0.3 is 6.18 Å². The summed E-state index contributed by atoms with van der Waals surface area (Å²) in [4.78, 5) is 0. The van der Waals surface area contributed by atoms with Crippen LogP contribution in [0.25, 0.3) is 0 Å². The summed E-state index contributed by atoms with van der Waals surface area (Å²) in [6.45, 7) is 1.92. The summed E-state index contributed by atoms with van der Waals surface area (Å²) in [5.74, 6) is 0.